The highest BCUT2D eigenvalue weighted by Crippen LogP contribution is 2.16. The topological polar surface area (TPSA) is 61.4 Å². The number of amides is 1. The molecule has 0 unspecified atom stereocenters. The number of aryl methyl sites for hydroxylation is 1. The smallest absolute Gasteiger partial charge is 0.272 e. The van der Waals surface area contributed by atoms with Crippen molar-refractivity contribution in [2.45, 2.75) is 13.8 Å². The van der Waals surface area contributed by atoms with Crippen molar-refractivity contribution in [1.82, 2.24) is 19.8 Å². The molecule has 0 bridgehead atoms. The lowest BCUT2D eigenvalue weighted by Gasteiger charge is -2.33. The molecule has 0 aliphatic carbocycles. The number of carbonyl (C=O) groups excluding carboxylic acids is 1. The van der Waals surface area contributed by atoms with Gasteiger partial charge in [0.2, 0.25) is 0 Å². The van der Waals surface area contributed by atoms with Crippen LogP contribution in [0.4, 0.5) is 11.5 Å². The Morgan fingerprint density at radius 1 is 1.12 bits per heavy atom. The second-order valence-corrected chi connectivity index (χ2v) is 6.01. The zero-order chi connectivity index (χ0) is 16.9. The van der Waals surface area contributed by atoms with E-state index in [1.807, 2.05) is 36.1 Å². The molecule has 6 nitrogen and oxygen atoms in total. The lowest BCUT2D eigenvalue weighted by molar-refractivity contribution is 0.0637. The van der Waals surface area contributed by atoms with Crippen LogP contribution in [-0.4, -0.2) is 58.4 Å². The first-order chi connectivity index (χ1) is 11.7. The van der Waals surface area contributed by atoms with E-state index in [9.17, 15) is 4.79 Å². The fourth-order valence-corrected chi connectivity index (χ4v) is 2.76. The first kappa shape index (κ1) is 16.4. The SMILES string of the molecule is CCN1CCN(C(=O)c2cc(Nc3ccc(C)cc3)ncn2)CC1. The summed E-state index contributed by atoms with van der Waals surface area (Å²) in [5.74, 6) is 0.601. The summed E-state index contributed by atoms with van der Waals surface area (Å²) in [5, 5.41) is 3.22. The molecule has 1 aliphatic rings. The van der Waals surface area contributed by atoms with Gasteiger partial charge in [-0.15, -0.1) is 0 Å². The van der Waals surface area contributed by atoms with E-state index in [1.165, 1.54) is 11.9 Å². The van der Waals surface area contributed by atoms with Crippen LogP contribution in [0.3, 0.4) is 0 Å². The van der Waals surface area contributed by atoms with E-state index in [2.05, 4.69) is 27.1 Å². The van der Waals surface area contributed by atoms with Crippen LogP contribution in [0.5, 0.6) is 0 Å². The fourth-order valence-electron chi connectivity index (χ4n) is 2.76. The molecule has 6 heteroatoms. The second-order valence-electron chi connectivity index (χ2n) is 6.01. The molecule has 1 aliphatic heterocycles. The Morgan fingerprint density at radius 3 is 2.50 bits per heavy atom. The summed E-state index contributed by atoms with van der Waals surface area (Å²) in [6.07, 6.45) is 1.44. The van der Waals surface area contributed by atoms with Crippen molar-refractivity contribution in [3.63, 3.8) is 0 Å². The van der Waals surface area contributed by atoms with Crippen LogP contribution in [0, 0.1) is 6.92 Å². The standard InChI is InChI=1S/C18H23N5O/c1-3-22-8-10-23(11-9-22)18(24)16-12-17(20-13-19-16)21-15-6-4-14(2)5-7-15/h4-7,12-13H,3,8-11H2,1-2H3,(H,19,20,21). The van der Waals surface area contributed by atoms with Crippen LogP contribution in [0.2, 0.25) is 0 Å². The normalized spacial score (nSPS) is 15.3. The molecule has 2 aromatic rings. The number of rotatable bonds is 4. The van der Waals surface area contributed by atoms with Gasteiger partial charge in [-0.2, -0.15) is 0 Å². The number of likely N-dealkylation sites (N-methyl/N-ethyl adjacent to an activating group) is 1. The van der Waals surface area contributed by atoms with Crippen molar-refractivity contribution >= 4 is 17.4 Å². The number of carbonyl (C=O) groups is 1. The van der Waals surface area contributed by atoms with Crippen molar-refractivity contribution in [1.29, 1.82) is 0 Å². The number of hydrogen-bond acceptors (Lipinski definition) is 5. The van der Waals surface area contributed by atoms with E-state index in [1.54, 1.807) is 6.07 Å². The molecule has 0 spiro atoms. The molecule has 1 amide bonds. The van der Waals surface area contributed by atoms with Gasteiger partial charge in [-0.05, 0) is 25.6 Å². The van der Waals surface area contributed by atoms with Crippen LogP contribution in [-0.2, 0) is 0 Å². The van der Waals surface area contributed by atoms with Gasteiger partial charge in [0.25, 0.3) is 5.91 Å². The minimum Gasteiger partial charge on any atom is -0.340 e. The number of hydrogen-bond donors (Lipinski definition) is 1. The molecule has 24 heavy (non-hydrogen) atoms. The average molecular weight is 325 g/mol. The first-order valence-corrected chi connectivity index (χ1v) is 8.33. The summed E-state index contributed by atoms with van der Waals surface area (Å²) in [5.41, 5.74) is 2.57. The summed E-state index contributed by atoms with van der Waals surface area (Å²) in [7, 11) is 0. The summed E-state index contributed by atoms with van der Waals surface area (Å²) in [6, 6.07) is 9.76. The molecule has 126 valence electrons. The maximum Gasteiger partial charge on any atom is 0.272 e. The molecule has 0 radical (unpaired) electrons. The minimum absolute atomic E-state index is 0.0277. The average Bonchev–Trinajstić information content (AvgIpc) is 2.63. The molecule has 1 saturated heterocycles. The third-order valence-electron chi connectivity index (χ3n) is 4.32. The van der Waals surface area contributed by atoms with Gasteiger partial charge in [-0.25, -0.2) is 9.97 Å². The third-order valence-corrected chi connectivity index (χ3v) is 4.32. The third kappa shape index (κ3) is 3.89. The second kappa shape index (κ2) is 7.40. The van der Waals surface area contributed by atoms with E-state index in [0.717, 1.165) is 38.4 Å². The Hall–Kier alpha value is -2.47. The maximum atomic E-state index is 12.6. The maximum absolute atomic E-state index is 12.6. The van der Waals surface area contributed by atoms with E-state index in [-0.39, 0.29) is 5.91 Å². The van der Waals surface area contributed by atoms with Gasteiger partial charge in [0.05, 0.1) is 0 Å². The highest BCUT2D eigenvalue weighted by Gasteiger charge is 2.22. The van der Waals surface area contributed by atoms with Gasteiger partial charge >= 0.3 is 0 Å². The summed E-state index contributed by atoms with van der Waals surface area (Å²) in [6.45, 7) is 8.55. The van der Waals surface area contributed by atoms with Crippen LogP contribution >= 0.6 is 0 Å². The molecular weight excluding hydrogens is 302 g/mol. The van der Waals surface area contributed by atoms with Crippen LogP contribution in [0.1, 0.15) is 23.0 Å². The molecule has 0 atom stereocenters. The lowest BCUT2D eigenvalue weighted by Crippen LogP contribution is -2.48. The van der Waals surface area contributed by atoms with Gasteiger partial charge in [0.1, 0.15) is 17.8 Å². The Labute approximate surface area is 142 Å². The first-order valence-electron chi connectivity index (χ1n) is 8.33. The van der Waals surface area contributed by atoms with Gasteiger partial charge < -0.3 is 15.1 Å². The summed E-state index contributed by atoms with van der Waals surface area (Å²) < 4.78 is 0. The highest BCUT2D eigenvalue weighted by atomic mass is 16.2. The predicted octanol–water partition coefficient (Wildman–Crippen LogP) is 2.31. The molecule has 3 rings (SSSR count). The molecule has 1 aromatic heterocycles. The van der Waals surface area contributed by atoms with E-state index in [4.69, 9.17) is 0 Å². The monoisotopic (exact) mass is 325 g/mol. The Kier molecular flexibility index (Phi) is 5.05. The summed E-state index contributed by atoms with van der Waals surface area (Å²) >= 11 is 0. The van der Waals surface area contributed by atoms with Crippen molar-refractivity contribution in [2.24, 2.45) is 0 Å². The zero-order valence-corrected chi connectivity index (χ0v) is 14.2. The molecular formula is C18H23N5O. The van der Waals surface area contributed by atoms with Gasteiger partial charge in [0, 0.05) is 37.9 Å². The minimum atomic E-state index is -0.0277. The molecule has 1 fully saturated rings. The number of nitrogens with zero attached hydrogens (tertiary/aromatic N) is 4. The number of aromatic nitrogens is 2. The Bertz CT molecular complexity index is 693. The number of benzene rings is 1. The van der Waals surface area contributed by atoms with Crippen molar-refractivity contribution < 1.29 is 4.79 Å². The fraction of sp³-hybridized carbons (Fsp3) is 0.389. The van der Waals surface area contributed by atoms with Gasteiger partial charge in [-0.1, -0.05) is 24.6 Å². The van der Waals surface area contributed by atoms with Gasteiger partial charge in [-0.3, -0.25) is 4.79 Å². The highest BCUT2D eigenvalue weighted by molar-refractivity contribution is 5.93. The largest absolute Gasteiger partial charge is 0.340 e. The summed E-state index contributed by atoms with van der Waals surface area (Å²) in [4.78, 5) is 25.2. The number of piperazine rings is 1. The van der Waals surface area contributed by atoms with Crippen molar-refractivity contribution in [3.8, 4) is 0 Å². The Morgan fingerprint density at radius 2 is 1.83 bits per heavy atom. The molecule has 0 saturated carbocycles. The lowest BCUT2D eigenvalue weighted by atomic mass is 10.2. The van der Waals surface area contributed by atoms with E-state index < -0.39 is 0 Å². The van der Waals surface area contributed by atoms with E-state index >= 15 is 0 Å². The molecule has 1 N–H and O–H groups in total. The van der Waals surface area contributed by atoms with Crippen LogP contribution < -0.4 is 5.32 Å². The number of anilines is 2. The van der Waals surface area contributed by atoms with Crippen LogP contribution in [0.25, 0.3) is 0 Å². The quantitative estimate of drug-likeness (QED) is 0.935. The molecule has 2 heterocycles. The Balaban J connectivity index is 1.68. The predicted molar refractivity (Wildman–Crippen MR) is 94.5 cm³/mol. The van der Waals surface area contributed by atoms with Crippen LogP contribution in [0.15, 0.2) is 36.7 Å². The van der Waals surface area contributed by atoms with Crippen molar-refractivity contribution in [3.05, 3.63) is 47.9 Å². The molecule has 1 aromatic carbocycles. The van der Waals surface area contributed by atoms with Gasteiger partial charge in [0.15, 0.2) is 0 Å². The van der Waals surface area contributed by atoms with Crippen molar-refractivity contribution in [2.75, 3.05) is 38.0 Å². The van der Waals surface area contributed by atoms with E-state index in [0.29, 0.717) is 11.5 Å². The zero-order valence-electron chi connectivity index (χ0n) is 14.2. The number of nitrogens with one attached hydrogen (secondary N) is 1.